The summed E-state index contributed by atoms with van der Waals surface area (Å²) in [7, 11) is 1.62. The van der Waals surface area contributed by atoms with Gasteiger partial charge in [-0.2, -0.15) is 4.98 Å². The summed E-state index contributed by atoms with van der Waals surface area (Å²) in [5.41, 5.74) is 0.645. The Bertz CT molecular complexity index is 914. The Morgan fingerprint density at radius 3 is 2.61 bits per heavy atom. The fourth-order valence-corrected chi connectivity index (χ4v) is 4.00. The van der Waals surface area contributed by atoms with E-state index in [1.54, 1.807) is 13.3 Å². The maximum absolute atomic E-state index is 11.4. The molecule has 1 fully saturated rings. The number of likely N-dealkylation sites (tertiary alicyclic amines) is 1. The maximum atomic E-state index is 11.4. The van der Waals surface area contributed by atoms with Gasteiger partial charge >= 0.3 is 6.01 Å². The molecule has 2 aromatic rings. The molecule has 1 aromatic carbocycles. The molecule has 3 heterocycles. The zero-order valence-corrected chi connectivity index (χ0v) is 18.2. The highest BCUT2D eigenvalue weighted by molar-refractivity contribution is 5.55. The van der Waals surface area contributed by atoms with Crippen LogP contribution in [0.25, 0.3) is 0 Å². The van der Waals surface area contributed by atoms with Crippen molar-refractivity contribution < 1.29 is 28.8 Å². The molecule has 9 heteroatoms. The first-order chi connectivity index (χ1) is 15.1. The summed E-state index contributed by atoms with van der Waals surface area (Å²) in [5.74, 6) is 2.41. The Hall–Kier alpha value is -2.78. The van der Waals surface area contributed by atoms with Crippen molar-refractivity contribution in [1.29, 1.82) is 0 Å². The molecule has 1 aromatic heterocycles. The number of benzene rings is 1. The second kappa shape index (κ2) is 9.15. The van der Waals surface area contributed by atoms with Crippen LogP contribution < -0.4 is 23.7 Å². The van der Waals surface area contributed by atoms with Gasteiger partial charge in [-0.1, -0.05) is 0 Å². The second-order valence-electron chi connectivity index (χ2n) is 7.58. The third-order valence-corrected chi connectivity index (χ3v) is 5.60. The van der Waals surface area contributed by atoms with Crippen molar-refractivity contribution in [2.45, 2.75) is 38.8 Å². The van der Waals surface area contributed by atoms with Crippen LogP contribution in [0.4, 0.5) is 0 Å². The summed E-state index contributed by atoms with van der Waals surface area (Å²) in [6.07, 6.45) is 2.72. The first kappa shape index (κ1) is 21.5. The van der Waals surface area contributed by atoms with Gasteiger partial charge in [-0.05, 0) is 44.4 Å². The molecule has 168 valence electrons. The number of piperidine rings is 1. The highest BCUT2D eigenvalue weighted by atomic mass is 16.7. The Morgan fingerprint density at radius 2 is 1.90 bits per heavy atom. The minimum Gasteiger partial charge on any atom is -0.493 e. The molecule has 0 radical (unpaired) electrons. The van der Waals surface area contributed by atoms with E-state index in [0.717, 1.165) is 12.1 Å². The van der Waals surface area contributed by atoms with Crippen LogP contribution in [0.5, 0.6) is 29.1 Å². The van der Waals surface area contributed by atoms with Crippen molar-refractivity contribution in [3.05, 3.63) is 29.5 Å². The van der Waals surface area contributed by atoms with E-state index < -0.39 is 5.60 Å². The average Bonchev–Trinajstić information content (AvgIpc) is 3.24. The van der Waals surface area contributed by atoms with Gasteiger partial charge < -0.3 is 28.8 Å². The number of aliphatic hydroxyl groups is 1. The topological polar surface area (TPSA) is 95.4 Å². The van der Waals surface area contributed by atoms with Gasteiger partial charge in [-0.25, -0.2) is 4.98 Å². The number of rotatable bonds is 8. The standard InChI is InChI=1S/C22H29N3O6/c1-4-28-20-16(12-23-21(24-20)29-5-2)22(26)6-8-25(9-7-22)13-15-10-17(27-3)19-18(11-15)30-14-31-19/h10-12,26H,4-9,13-14H2,1-3H3. The van der Waals surface area contributed by atoms with E-state index in [-0.39, 0.29) is 12.8 Å². The summed E-state index contributed by atoms with van der Waals surface area (Å²) in [6.45, 7) is 7.03. The predicted molar refractivity (Wildman–Crippen MR) is 112 cm³/mol. The molecule has 9 nitrogen and oxygen atoms in total. The van der Waals surface area contributed by atoms with Gasteiger partial charge in [0.05, 0.1) is 31.5 Å². The number of methoxy groups -OCH3 is 1. The van der Waals surface area contributed by atoms with Crippen LogP contribution in [0.1, 0.15) is 37.8 Å². The zero-order chi connectivity index (χ0) is 21.8. The van der Waals surface area contributed by atoms with Crippen molar-refractivity contribution in [3.63, 3.8) is 0 Å². The van der Waals surface area contributed by atoms with Crippen LogP contribution >= 0.6 is 0 Å². The molecule has 31 heavy (non-hydrogen) atoms. The number of fused-ring (bicyclic) bond motifs is 1. The van der Waals surface area contributed by atoms with E-state index >= 15 is 0 Å². The highest BCUT2D eigenvalue weighted by Crippen LogP contribution is 2.43. The van der Waals surface area contributed by atoms with E-state index in [0.29, 0.717) is 67.8 Å². The lowest BCUT2D eigenvalue weighted by molar-refractivity contribution is -0.0303. The summed E-state index contributed by atoms with van der Waals surface area (Å²) < 4.78 is 27.5. The molecule has 0 bridgehead atoms. The Balaban J connectivity index is 1.46. The molecule has 0 atom stereocenters. The van der Waals surface area contributed by atoms with Gasteiger partial charge in [0.15, 0.2) is 11.5 Å². The smallest absolute Gasteiger partial charge is 0.319 e. The van der Waals surface area contributed by atoms with Gasteiger partial charge in [0.2, 0.25) is 18.4 Å². The second-order valence-corrected chi connectivity index (χ2v) is 7.58. The molecule has 2 aliphatic rings. The van der Waals surface area contributed by atoms with Crippen LogP contribution in [0.2, 0.25) is 0 Å². The number of aromatic nitrogens is 2. The molecule has 0 unspecified atom stereocenters. The first-order valence-corrected chi connectivity index (χ1v) is 10.6. The van der Waals surface area contributed by atoms with Crippen LogP contribution in [-0.4, -0.2) is 60.2 Å². The van der Waals surface area contributed by atoms with E-state index in [1.165, 1.54) is 0 Å². The van der Waals surface area contributed by atoms with E-state index in [4.69, 9.17) is 23.7 Å². The summed E-state index contributed by atoms with van der Waals surface area (Å²) in [5, 5.41) is 11.4. The number of hydrogen-bond acceptors (Lipinski definition) is 9. The molecule has 0 amide bonds. The van der Waals surface area contributed by atoms with Gasteiger partial charge in [0.25, 0.3) is 0 Å². The van der Waals surface area contributed by atoms with Crippen molar-refractivity contribution in [1.82, 2.24) is 14.9 Å². The molecule has 0 aliphatic carbocycles. The Morgan fingerprint density at radius 1 is 1.13 bits per heavy atom. The van der Waals surface area contributed by atoms with E-state index in [9.17, 15) is 5.11 Å². The zero-order valence-electron chi connectivity index (χ0n) is 18.2. The van der Waals surface area contributed by atoms with Gasteiger partial charge in [-0.3, -0.25) is 4.90 Å². The van der Waals surface area contributed by atoms with Crippen molar-refractivity contribution in [2.24, 2.45) is 0 Å². The minimum atomic E-state index is -1.04. The van der Waals surface area contributed by atoms with Crippen molar-refractivity contribution in [3.8, 4) is 29.1 Å². The quantitative estimate of drug-likeness (QED) is 0.676. The molecule has 0 spiro atoms. The molecule has 1 saturated heterocycles. The Kier molecular flexibility index (Phi) is 6.33. The lowest BCUT2D eigenvalue weighted by atomic mass is 9.85. The molecule has 2 aliphatic heterocycles. The fraction of sp³-hybridized carbons (Fsp3) is 0.545. The summed E-state index contributed by atoms with van der Waals surface area (Å²) >= 11 is 0. The number of hydrogen-bond donors (Lipinski definition) is 1. The SMILES string of the molecule is CCOc1ncc(C2(O)CCN(Cc3cc(OC)c4c(c3)OCO4)CC2)c(OCC)n1. The predicted octanol–water partition coefficient (Wildman–Crippen LogP) is 2.49. The fourth-order valence-electron chi connectivity index (χ4n) is 4.00. The number of nitrogens with zero attached hydrogens (tertiary/aromatic N) is 3. The van der Waals surface area contributed by atoms with Gasteiger partial charge in [0.1, 0.15) is 0 Å². The molecular formula is C22H29N3O6. The van der Waals surface area contributed by atoms with E-state index in [1.807, 2.05) is 26.0 Å². The molecule has 1 N–H and O–H groups in total. The van der Waals surface area contributed by atoms with E-state index in [2.05, 4.69) is 14.9 Å². The first-order valence-electron chi connectivity index (χ1n) is 10.6. The van der Waals surface area contributed by atoms with Crippen LogP contribution in [0.15, 0.2) is 18.3 Å². The molecule has 4 rings (SSSR count). The lowest BCUT2D eigenvalue weighted by Gasteiger charge is -2.38. The van der Waals surface area contributed by atoms with Crippen LogP contribution in [-0.2, 0) is 12.1 Å². The Labute approximate surface area is 181 Å². The molecule has 0 saturated carbocycles. The molecular weight excluding hydrogens is 402 g/mol. The minimum absolute atomic E-state index is 0.207. The van der Waals surface area contributed by atoms with Gasteiger partial charge in [-0.15, -0.1) is 0 Å². The third kappa shape index (κ3) is 4.47. The lowest BCUT2D eigenvalue weighted by Crippen LogP contribution is -2.42. The maximum Gasteiger partial charge on any atom is 0.319 e. The van der Waals surface area contributed by atoms with Crippen molar-refractivity contribution in [2.75, 3.05) is 40.2 Å². The monoisotopic (exact) mass is 431 g/mol. The third-order valence-electron chi connectivity index (χ3n) is 5.60. The average molecular weight is 431 g/mol. The number of ether oxygens (including phenoxy) is 5. The summed E-state index contributed by atoms with van der Waals surface area (Å²) in [4.78, 5) is 10.9. The normalized spacial score (nSPS) is 17.4. The summed E-state index contributed by atoms with van der Waals surface area (Å²) in [6, 6.07) is 4.22. The van der Waals surface area contributed by atoms with Gasteiger partial charge in [0, 0.05) is 25.8 Å². The highest BCUT2D eigenvalue weighted by Gasteiger charge is 2.38. The van der Waals surface area contributed by atoms with Crippen molar-refractivity contribution >= 4 is 0 Å². The van der Waals surface area contributed by atoms with Crippen LogP contribution in [0, 0.1) is 0 Å². The largest absolute Gasteiger partial charge is 0.493 e. The van der Waals surface area contributed by atoms with Crippen LogP contribution in [0.3, 0.4) is 0 Å².